The molecule has 0 aromatic heterocycles. The van der Waals surface area contributed by atoms with Crippen LogP contribution in [0.5, 0.6) is 0 Å². The van der Waals surface area contributed by atoms with Crippen molar-refractivity contribution >= 4 is 11.6 Å². The molecule has 1 heterocycles. The maximum atomic E-state index is 12.1. The van der Waals surface area contributed by atoms with E-state index in [-0.39, 0.29) is 11.8 Å². The maximum Gasteiger partial charge on any atom is 0.227 e. The lowest BCUT2D eigenvalue weighted by Gasteiger charge is -2.27. The Kier molecular flexibility index (Phi) is 4.02. The highest BCUT2D eigenvalue weighted by molar-refractivity contribution is 5.94. The molecule has 1 aliphatic heterocycles. The number of fused-ring (bicyclic) bond motifs is 1. The normalized spacial score (nSPS) is 17.6. The molecule has 1 N–H and O–H groups in total. The molecule has 0 spiro atoms. The van der Waals surface area contributed by atoms with Crippen molar-refractivity contribution in [2.45, 2.75) is 39.2 Å². The number of para-hydroxylation sites is 1. The molecule has 1 aromatic carbocycles. The van der Waals surface area contributed by atoms with Gasteiger partial charge in [-0.15, -0.1) is 0 Å². The van der Waals surface area contributed by atoms with Gasteiger partial charge in [0.15, 0.2) is 0 Å². The first kappa shape index (κ1) is 13.1. The molecule has 98 valence electrons. The third kappa shape index (κ3) is 2.72. The van der Waals surface area contributed by atoms with E-state index in [0.717, 1.165) is 18.5 Å². The molecular weight excluding hydrogens is 226 g/mol. The fraction of sp³-hybridized carbons (Fsp3) is 0.533. The number of anilines is 1. The van der Waals surface area contributed by atoms with Gasteiger partial charge in [0.2, 0.25) is 5.91 Å². The number of benzene rings is 1. The Morgan fingerprint density at radius 3 is 2.72 bits per heavy atom. The summed E-state index contributed by atoms with van der Waals surface area (Å²) >= 11 is 0. The molecule has 1 atom stereocenters. The van der Waals surface area contributed by atoms with Crippen LogP contribution in [-0.4, -0.2) is 23.7 Å². The molecule has 1 unspecified atom stereocenters. The highest BCUT2D eigenvalue weighted by Crippen LogP contribution is 2.27. The van der Waals surface area contributed by atoms with Gasteiger partial charge in [-0.1, -0.05) is 32.0 Å². The first-order valence-corrected chi connectivity index (χ1v) is 6.66. The summed E-state index contributed by atoms with van der Waals surface area (Å²) in [5, 5.41) is 10.0. The van der Waals surface area contributed by atoms with Gasteiger partial charge in [0.1, 0.15) is 0 Å². The van der Waals surface area contributed by atoms with E-state index < -0.39 is 6.10 Å². The van der Waals surface area contributed by atoms with Crippen molar-refractivity contribution < 1.29 is 9.90 Å². The number of aliphatic hydroxyl groups excluding tert-OH is 1. The Morgan fingerprint density at radius 1 is 1.28 bits per heavy atom. The van der Waals surface area contributed by atoms with Gasteiger partial charge < -0.3 is 10.0 Å². The Morgan fingerprint density at radius 2 is 2.00 bits per heavy atom. The van der Waals surface area contributed by atoms with Gasteiger partial charge >= 0.3 is 0 Å². The number of nitrogens with zero attached hydrogens (tertiary/aromatic N) is 1. The van der Waals surface area contributed by atoms with E-state index in [2.05, 4.69) is 6.07 Å². The number of aryl methyl sites for hydroxylation is 1. The minimum Gasteiger partial charge on any atom is -0.391 e. The molecule has 0 saturated heterocycles. The zero-order valence-electron chi connectivity index (χ0n) is 11.1. The van der Waals surface area contributed by atoms with Crippen LogP contribution in [0.15, 0.2) is 24.3 Å². The summed E-state index contributed by atoms with van der Waals surface area (Å²) in [6.07, 6.45) is 1.93. The Balaban J connectivity index is 2.28. The average Bonchev–Trinajstić information content (AvgIpc) is 2.50. The predicted molar refractivity (Wildman–Crippen MR) is 72.6 cm³/mol. The van der Waals surface area contributed by atoms with Crippen LogP contribution in [-0.2, 0) is 11.2 Å². The number of aliphatic hydroxyl groups is 1. The van der Waals surface area contributed by atoms with Crippen molar-refractivity contribution in [3.05, 3.63) is 29.8 Å². The molecule has 18 heavy (non-hydrogen) atoms. The topological polar surface area (TPSA) is 40.5 Å². The van der Waals surface area contributed by atoms with Crippen molar-refractivity contribution in [1.29, 1.82) is 0 Å². The van der Waals surface area contributed by atoms with Crippen LogP contribution in [0.25, 0.3) is 0 Å². The van der Waals surface area contributed by atoms with Crippen LogP contribution >= 0.6 is 0 Å². The molecule has 0 saturated carbocycles. The summed E-state index contributed by atoms with van der Waals surface area (Å²) < 4.78 is 0. The molecule has 3 nitrogen and oxygen atoms in total. The van der Waals surface area contributed by atoms with E-state index in [1.54, 1.807) is 4.90 Å². The molecule has 0 aliphatic carbocycles. The third-order valence-electron chi connectivity index (χ3n) is 3.56. The van der Waals surface area contributed by atoms with Gasteiger partial charge in [0, 0.05) is 12.1 Å². The SMILES string of the molecule is CC(C)C(O)CN1C(=O)CCCc2ccccc21. The summed E-state index contributed by atoms with van der Waals surface area (Å²) in [5.74, 6) is 0.285. The minimum atomic E-state index is -0.472. The van der Waals surface area contributed by atoms with Crippen LogP contribution in [0, 0.1) is 5.92 Å². The van der Waals surface area contributed by atoms with Crippen molar-refractivity contribution in [1.82, 2.24) is 0 Å². The number of β-amino-alcohol motifs (C(OH)–C–C–N with tert-alkyl or cyclic N) is 1. The lowest BCUT2D eigenvalue weighted by atomic mass is 10.1. The predicted octanol–water partition coefficient (Wildman–Crippen LogP) is 2.37. The van der Waals surface area contributed by atoms with E-state index in [4.69, 9.17) is 0 Å². The van der Waals surface area contributed by atoms with Crippen LogP contribution in [0.2, 0.25) is 0 Å². The van der Waals surface area contributed by atoms with Crippen LogP contribution in [0.1, 0.15) is 32.3 Å². The first-order chi connectivity index (χ1) is 8.59. The summed E-state index contributed by atoms with van der Waals surface area (Å²) in [6, 6.07) is 8.01. The molecule has 3 heteroatoms. The second kappa shape index (κ2) is 5.53. The second-order valence-corrected chi connectivity index (χ2v) is 5.30. The van der Waals surface area contributed by atoms with Crippen molar-refractivity contribution in [3.63, 3.8) is 0 Å². The number of rotatable bonds is 3. The highest BCUT2D eigenvalue weighted by atomic mass is 16.3. The number of carbonyl (C=O) groups is 1. The Hall–Kier alpha value is -1.35. The zero-order chi connectivity index (χ0) is 13.1. The van der Waals surface area contributed by atoms with Gasteiger partial charge in [-0.25, -0.2) is 0 Å². The van der Waals surface area contributed by atoms with Gasteiger partial charge in [0.05, 0.1) is 12.6 Å². The molecule has 0 fully saturated rings. The van der Waals surface area contributed by atoms with Gasteiger partial charge in [-0.3, -0.25) is 4.79 Å². The lowest BCUT2D eigenvalue weighted by Crippen LogP contribution is -2.39. The molecule has 0 bridgehead atoms. The maximum absolute atomic E-state index is 12.1. The number of carbonyl (C=O) groups excluding carboxylic acids is 1. The Labute approximate surface area is 108 Å². The molecule has 1 amide bonds. The molecule has 1 aromatic rings. The fourth-order valence-corrected chi connectivity index (χ4v) is 2.28. The lowest BCUT2D eigenvalue weighted by molar-refractivity contribution is -0.119. The number of amides is 1. The molecule has 2 rings (SSSR count). The molecule has 0 radical (unpaired) electrons. The Bertz CT molecular complexity index is 428. The minimum absolute atomic E-state index is 0.125. The van der Waals surface area contributed by atoms with Crippen LogP contribution in [0.4, 0.5) is 5.69 Å². The average molecular weight is 247 g/mol. The van der Waals surface area contributed by atoms with Crippen molar-refractivity contribution in [2.24, 2.45) is 5.92 Å². The summed E-state index contributed by atoms with van der Waals surface area (Å²) in [5.41, 5.74) is 2.18. The first-order valence-electron chi connectivity index (χ1n) is 6.66. The standard InChI is InChI=1S/C15H21NO2/c1-11(2)14(17)10-16-13-8-4-3-6-12(13)7-5-9-15(16)18/h3-4,6,8,11,14,17H,5,7,9-10H2,1-2H3. The van der Waals surface area contributed by atoms with E-state index in [9.17, 15) is 9.90 Å². The summed E-state index contributed by atoms with van der Waals surface area (Å²) in [7, 11) is 0. The van der Waals surface area contributed by atoms with E-state index in [1.165, 1.54) is 5.56 Å². The largest absolute Gasteiger partial charge is 0.391 e. The van der Waals surface area contributed by atoms with E-state index >= 15 is 0 Å². The van der Waals surface area contributed by atoms with Crippen molar-refractivity contribution in [2.75, 3.05) is 11.4 Å². The molecular formula is C15H21NO2. The smallest absolute Gasteiger partial charge is 0.227 e. The monoisotopic (exact) mass is 247 g/mol. The highest BCUT2D eigenvalue weighted by Gasteiger charge is 2.24. The third-order valence-corrected chi connectivity index (χ3v) is 3.56. The zero-order valence-corrected chi connectivity index (χ0v) is 11.1. The quantitative estimate of drug-likeness (QED) is 0.891. The van der Waals surface area contributed by atoms with Gasteiger partial charge in [0.25, 0.3) is 0 Å². The molecule has 1 aliphatic rings. The number of hydrogen-bond acceptors (Lipinski definition) is 2. The van der Waals surface area contributed by atoms with E-state index in [0.29, 0.717) is 13.0 Å². The van der Waals surface area contributed by atoms with Crippen LogP contribution < -0.4 is 4.90 Å². The van der Waals surface area contributed by atoms with Crippen LogP contribution in [0.3, 0.4) is 0 Å². The van der Waals surface area contributed by atoms with Gasteiger partial charge in [-0.2, -0.15) is 0 Å². The second-order valence-electron chi connectivity index (χ2n) is 5.30. The summed E-state index contributed by atoms with van der Waals surface area (Å²) in [6.45, 7) is 4.34. The van der Waals surface area contributed by atoms with Gasteiger partial charge in [-0.05, 0) is 30.4 Å². The number of hydrogen-bond donors (Lipinski definition) is 1. The summed E-state index contributed by atoms with van der Waals surface area (Å²) in [4.78, 5) is 13.9. The van der Waals surface area contributed by atoms with E-state index in [1.807, 2.05) is 32.0 Å². The van der Waals surface area contributed by atoms with Crippen molar-refractivity contribution in [3.8, 4) is 0 Å². The fourth-order valence-electron chi connectivity index (χ4n) is 2.28.